The third-order valence-electron chi connectivity index (χ3n) is 3.69. The van der Waals surface area contributed by atoms with Crippen LogP contribution in [-0.4, -0.2) is 28.3 Å². The van der Waals surface area contributed by atoms with Gasteiger partial charge in [0.25, 0.3) is 0 Å². The number of nitrogens with zero attached hydrogens (tertiary/aromatic N) is 1. The summed E-state index contributed by atoms with van der Waals surface area (Å²) in [6, 6.07) is 13.2. The number of aromatic amines is 1. The van der Waals surface area contributed by atoms with Crippen LogP contribution in [0.3, 0.4) is 0 Å². The van der Waals surface area contributed by atoms with E-state index in [1.54, 1.807) is 12.1 Å². The Morgan fingerprint density at radius 1 is 1.08 bits per heavy atom. The lowest BCUT2D eigenvalue weighted by Gasteiger charge is -2.06. The van der Waals surface area contributed by atoms with E-state index in [2.05, 4.69) is 20.6 Å². The molecule has 24 heavy (non-hydrogen) atoms. The molecule has 2 heterocycles. The molecule has 0 aliphatic rings. The van der Waals surface area contributed by atoms with Crippen LogP contribution in [0, 0.1) is 6.92 Å². The molecule has 3 aromatic rings. The van der Waals surface area contributed by atoms with E-state index in [1.165, 1.54) is 0 Å². The zero-order chi connectivity index (χ0) is 16.9. The van der Waals surface area contributed by atoms with Crippen LogP contribution in [0.5, 0.6) is 0 Å². The number of anilines is 1. The van der Waals surface area contributed by atoms with Crippen molar-refractivity contribution in [1.29, 1.82) is 0 Å². The molecule has 3 rings (SSSR count). The minimum absolute atomic E-state index is 0.367. The summed E-state index contributed by atoms with van der Waals surface area (Å²) in [7, 11) is 0. The van der Waals surface area contributed by atoms with E-state index < -0.39 is 11.8 Å². The highest BCUT2D eigenvalue weighted by Gasteiger charge is 2.14. The molecule has 0 radical (unpaired) electrons. The highest BCUT2D eigenvalue weighted by Crippen LogP contribution is 2.17. The lowest BCUT2D eigenvalue weighted by Crippen LogP contribution is -2.36. The number of pyridine rings is 1. The number of carbonyl (C=O) groups excluding carboxylic acids is 2. The highest BCUT2D eigenvalue weighted by molar-refractivity contribution is 6.39. The lowest BCUT2D eigenvalue weighted by atomic mass is 10.1. The Hall–Kier alpha value is -3.15. The van der Waals surface area contributed by atoms with Crippen LogP contribution < -0.4 is 10.6 Å². The van der Waals surface area contributed by atoms with Crippen LogP contribution in [0.4, 0.5) is 5.82 Å². The van der Waals surface area contributed by atoms with Gasteiger partial charge in [-0.3, -0.25) is 9.59 Å². The molecule has 6 heteroatoms. The second-order valence-electron chi connectivity index (χ2n) is 5.48. The molecule has 0 bridgehead atoms. The molecule has 1 aromatic carbocycles. The minimum atomic E-state index is -0.716. The Morgan fingerprint density at radius 3 is 2.75 bits per heavy atom. The number of rotatable bonds is 4. The molecule has 0 fully saturated rings. The smallest absolute Gasteiger partial charge is 0.314 e. The van der Waals surface area contributed by atoms with Gasteiger partial charge in [-0.05, 0) is 37.1 Å². The van der Waals surface area contributed by atoms with Crippen LogP contribution >= 0.6 is 0 Å². The monoisotopic (exact) mass is 322 g/mol. The maximum Gasteiger partial charge on any atom is 0.314 e. The second kappa shape index (κ2) is 6.95. The number of benzene rings is 1. The Labute approximate surface area is 139 Å². The largest absolute Gasteiger partial charge is 0.361 e. The van der Waals surface area contributed by atoms with E-state index in [0.29, 0.717) is 18.8 Å². The van der Waals surface area contributed by atoms with E-state index in [9.17, 15) is 9.59 Å². The summed E-state index contributed by atoms with van der Waals surface area (Å²) < 4.78 is 0. The molecular formula is C18H18N4O2. The Bertz CT molecular complexity index is 885. The van der Waals surface area contributed by atoms with Crippen LogP contribution in [0.1, 0.15) is 11.3 Å². The first-order valence-corrected chi connectivity index (χ1v) is 7.71. The number of hydrogen-bond acceptors (Lipinski definition) is 3. The second-order valence-corrected chi connectivity index (χ2v) is 5.48. The number of nitrogens with one attached hydrogen (secondary N) is 3. The van der Waals surface area contributed by atoms with Crippen LogP contribution in [0.15, 0.2) is 48.7 Å². The standard InChI is InChI=1S/C18H18N4O2/c1-12-5-4-8-16(21-12)22-18(24)17(23)19-10-9-13-11-20-15-7-3-2-6-14(13)15/h2-8,11,20H,9-10H2,1H3,(H,19,23)(H,21,22,24). The molecule has 0 spiro atoms. The molecule has 2 aromatic heterocycles. The van der Waals surface area contributed by atoms with Gasteiger partial charge >= 0.3 is 11.8 Å². The maximum absolute atomic E-state index is 11.9. The number of amides is 2. The molecule has 0 unspecified atom stereocenters. The number of aromatic nitrogens is 2. The van der Waals surface area contributed by atoms with E-state index in [0.717, 1.165) is 22.2 Å². The van der Waals surface area contributed by atoms with Gasteiger partial charge in [-0.15, -0.1) is 0 Å². The first kappa shape index (κ1) is 15.7. The van der Waals surface area contributed by atoms with Crippen LogP contribution in [-0.2, 0) is 16.0 Å². The first-order valence-electron chi connectivity index (χ1n) is 7.71. The van der Waals surface area contributed by atoms with E-state index in [1.807, 2.05) is 43.5 Å². The summed E-state index contributed by atoms with van der Waals surface area (Å²) in [5.74, 6) is -1.02. The Kier molecular flexibility index (Phi) is 4.56. The molecule has 3 N–H and O–H groups in total. The van der Waals surface area contributed by atoms with E-state index >= 15 is 0 Å². The molecule has 0 saturated heterocycles. The fourth-order valence-corrected chi connectivity index (χ4v) is 2.52. The van der Waals surface area contributed by atoms with Gasteiger partial charge in [-0.25, -0.2) is 4.98 Å². The van der Waals surface area contributed by atoms with Gasteiger partial charge in [-0.2, -0.15) is 0 Å². The summed E-state index contributed by atoms with van der Waals surface area (Å²) in [4.78, 5) is 31.0. The average molecular weight is 322 g/mol. The van der Waals surface area contributed by atoms with Crippen LogP contribution in [0.25, 0.3) is 10.9 Å². The molecule has 0 aliphatic carbocycles. The van der Waals surface area contributed by atoms with E-state index in [-0.39, 0.29) is 0 Å². The van der Waals surface area contributed by atoms with Crippen molar-refractivity contribution < 1.29 is 9.59 Å². The fraction of sp³-hybridized carbons (Fsp3) is 0.167. The third kappa shape index (κ3) is 3.60. The van der Waals surface area contributed by atoms with Crippen molar-refractivity contribution in [3.8, 4) is 0 Å². The van der Waals surface area contributed by atoms with Gasteiger partial charge in [0.2, 0.25) is 0 Å². The van der Waals surface area contributed by atoms with Crippen molar-refractivity contribution in [2.45, 2.75) is 13.3 Å². The quantitative estimate of drug-likeness (QED) is 0.643. The lowest BCUT2D eigenvalue weighted by molar-refractivity contribution is -0.136. The molecule has 0 saturated carbocycles. The van der Waals surface area contributed by atoms with Crippen molar-refractivity contribution >= 4 is 28.5 Å². The average Bonchev–Trinajstić information content (AvgIpc) is 2.98. The fourth-order valence-electron chi connectivity index (χ4n) is 2.52. The maximum atomic E-state index is 11.9. The summed E-state index contributed by atoms with van der Waals surface area (Å²) in [6.07, 6.45) is 2.57. The van der Waals surface area contributed by atoms with Gasteiger partial charge in [0.05, 0.1) is 0 Å². The molecular weight excluding hydrogens is 304 g/mol. The van der Waals surface area contributed by atoms with Crippen molar-refractivity contribution in [2.24, 2.45) is 0 Å². The number of para-hydroxylation sites is 1. The summed E-state index contributed by atoms with van der Waals surface area (Å²) in [5, 5.41) is 6.24. The normalized spacial score (nSPS) is 10.5. The highest BCUT2D eigenvalue weighted by atomic mass is 16.2. The number of hydrogen-bond donors (Lipinski definition) is 3. The van der Waals surface area contributed by atoms with Crippen molar-refractivity contribution in [3.63, 3.8) is 0 Å². The van der Waals surface area contributed by atoms with Gasteiger partial charge < -0.3 is 15.6 Å². The summed E-state index contributed by atoms with van der Waals surface area (Å²) in [5.41, 5.74) is 2.93. The van der Waals surface area contributed by atoms with Gasteiger partial charge in [0, 0.05) is 29.3 Å². The van der Waals surface area contributed by atoms with Crippen LogP contribution in [0.2, 0.25) is 0 Å². The zero-order valence-electron chi connectivity index (χ0n) is 13.3. The number of carbonyl (C=O) groups is 2. The van der Waals surface area contributed by atoms with Crippen molar-refractivity contribution in [2.75, 3.05) is 11.9 Å². The SMILES string of the molecule is Cc1cccc(NC(=O)C(=O)NCCc2c[nH]c3ccccc23)n1. The predicted octanol–water partition coefficient (Wildman–Crippen LogP) is 2.17. The number of H-pyrrole nitrogens is 1. The Morgan fingerprint density at radius 2 is 1.92 bits per heavy atom. The zero-order valence-corrected chi connectivity index (χ0v) is 13.3. The third-order valence-corrected chi connectivity index (χ3v) is 3.69. The molecule has 2 amide bonds. The Balaban J connectivity index is 1.53. The molecule has 0 aliphatic heterocycles. The number of fused-ring (bicyclic) bond motifs is 1. The van der Waals surface area contributed by atoms with Gasteiger partial charge in [0.15, 0.2) is 0 Å². The predicted molar refractivity (Wildman–Crippen MR) is 92.6 cm³/mol. The minimum Gasteiger partial charge on any atom is -0.361 e. The van der Waals surface area contributed by atoms with Crippen molar-refractivity contribution in [3.05, 3.63) is 59.9 Å². The summed E-state index contributed by atoms with van der Waals surface area (Å²) in [6.45, 7) is 2.20. The van der Waals surface area contributed by atoms with Crippen molar-refractivity contribution in [1.82, 2.24) is 15.3 Å². The molecule has 122 valence electrons. The molecule has 6 nitrogen and oxygen atoms in total. The summed E-state index contributed by atoms with van der Waals surface area (Å²) >= 11 is 0. The van der Waals surface area contributed by atoms with Gasteiger partial charge in [0.1, 0.15) is 5.82 Å². The topological polar surface area (TPSA) is 86.9 Å². The van der Waals surface area contributed by atoms with E-state index in [4.69, 9.17) is 0 Å². The number of aryl methyl sites for hydroxylation is 1. The first-order chi connectivity index (χ1) is 11.6. The van der Waals surface area contributed by atoms with Gasteiger partial charge in [-0.1, -0.05) is 24.3 Å². The molecule has 0 atom stereocenters.